The van der Waals surface area contributed by atoms with Crippen LogP contribution in [0, 0.1) is 0 Å². The lowest BCUT2D eigenvalue weighted by Crippen LogP contribution is -2.45. The second-order valence-electron chi connectivity index (χ2n) is 4.05. The van der Waals surface area contributed by atoms with Crippen molar-refractivity contribution in [3.63, 3.8) is 0 Å². The third-order valence-corrected chi connectivity index (χ3v) is 2.34. The minimum atomic E-state index is 0.857. The molecule has 2 heterocycles. The van der Waals surface area contributed by atoms with Crippen LogP contribution in [0.2, 0.25) is 0 Å². The largest absolute Gasteiger partial charge is 0.338 e. The van der Waals surface area contributed by atoms with E-state index in [2.05, 4.69) is 40.7 Å². The zero-order valence-electron chi connectivity index (χ0n) is 10.6. The van der Waals surface area contributed by atoms with Crippen molar-refractivity contribution >= 4 is 5.95 Å². The molecule has 0 bridgehead atoms. The van der Waals surface area contributed by atoms with E-state index in [0.29, 0.717) is 0 Å². The first-order valence-electron chi connectivity index (χ1n) is 5.98. The molecule has 0 unspecified atom stereocenters. The molecule has 1 aliphatic rings. The molecule has 1 fully saturated rings. The molecule has 4 heteroatoms. The van der Waals surface area contributed by atoms with E-state index >= 15 is 0 Å². The minimum absolute atomic E-state index is 0.857. The summed E-state index contributed by atoms with van der Waals surface area (Å²) < 4.78 is 0. The Morgan fingerprint density at radius 3 is 2.06 bits per heavy atom. The molecule has 0 saturated carbocycles. The molecule has 0 aromatic carbocycles. The van der Waals surface area contributed by atoms with Gasteiger partial charge in [0.15, 0.2) is 0 Å². The van der Waals surface area contributed by atoms with Gasteiger partial charge in [-0.15, -0.1) is 0 Å². The first-order chi connectivity index (χ1) is 7.77. The molecule has 1 aliphatic heterocycles. The van der Waals surface area contributed by atoms with Crippen molar-refractivity contribution in [3.05, 3.63) is 18.5 Å². The Hall–Kier alpha value is -1.16. The van der Waals surface area contributed by atoms with Crippen LogP contribution in [0.1, 0.15) is 20.3 Å². The van der Waals surface area contributed by atoms with Crippen LogP contribution in [0.15, 0.2) is 18.5 Å². The fourth-order valence-corrected chi connectivity index (χ4v) is 1.46. The molecule has 0 spiro atoms. The molecule has 0 atom stereocenters. The summed E-state index contributed by atoms with van der Waals surface area (Å²) in [6, 6.07) is 1.85. The maximum Gasteiger partial charge on any atom is 0.225 e. The summed E-state index contributed by atoms with van der Waals surface area (Å²) in [4.78, 5) is 13.0. The van der Waals surface area contributed by atoms with Gasteiger partial charge < -0.3 is 9.80 Å². The quantitative estimate of drug-likeness (QED) is 0.723. The van der Waals surface area contributed by atoms with Gasteiger partial charge in [0.05, 0.1) is 0 Å². The second kappa shape index (κ2) is 7.17. The number of anilines is 1. The Morgan fingerprint density at radius 2 is 1.56 bits per heavy atom. The maximum absolute atomic E-state index is 4.22. The number of aromatic nitrogens is 2. The van der Waals surface area contributed by atoms with Crippen LogP contribution in [0.3, 0.4) is 0 Å². The SMILES string of the molecule is CCC.CN1CCN(c2ncccn2)CC1. The molecule has 1 aromatic heterocycles. The van der Waals surface area contributed by atoms with Gasteiger partial charge in [-0.2, -0.15) is 0 Å². The third-order valence-electron chi connectivity index (χ3n) is 2.34. The minimum Gasteiger partial charge on any atom is -0.338 e. The monoisotopic (exact) mass is 222 g/mol. The standard InChI is InChI=1S/C9H14N4.C3H8/c1-12-5-7-13(8-6-12)9-10-3-2-4-11-9;1-3-2/h2-4H,5-8H2,1H3;3H2,1-2H3. The average Bonchev–Trinajstić information content (AvgIpc) is 2.32. The van der Waals surface area contributed by atoms with Gasteiger partial charge in [0.2, 0.25) is 5.95 Å². The summed E-state index contributed by atoms with van der Waals surface area (Å²) in [6.07, 6.45) is 4.83. The lowest BCUT2D eigenvalue weighted by Gasteiger charge is -2.32. The molecule has 90 valence electrons. The Morgan fingerprint density at radius 1 is 1.06 bits per heavy atom. The molecule has 1 saturated heterocycles. The van der Waals surface area contributed by atoms with E-state index < -0.39 is 0 Å². The highest BCUT2D eigenvalue weighted by Crippen LogP contribution is 2.07. The van der Waals surface area contributed by atoms with Crippen molar-refractivity contribution in [2.75, 3.05) is 38.1 Å². The summed E-state index contributed by atoms with van der Waals surface area (Å²) in [5, 5.41) is 0. The fourth-order valence-electron chi connectivity index (χ4n) is 1.46. The summed E-state index contributed by atoms with van der Waals surface area (Å²) in [5.41, 5.74) is 0. The molecular formula is C12H22N4. The molecule has 0 amide bonds. The Balaban J connectivity index is 0.000000386. The highest BCUT2D eigenvalue weighted by atomic mass is 15.3. The smallest absolute Gasteiger partial charge is 0.225 e. The Labute approximate surface area is 98.3 Å². The van der Waals surface area contributed by atoms with Gasteiger partial charge >= 0.3 is 0 Å². The third kappa shape index (κ3) is 4.14. The van der Waals surface area contributed by atoms with Gasteiger partial charge in [0.1, 0.15) is 0 Å². The van der Waals surface area contributed by atoms with Gasteiger partial charge in [-0.3, -0.25) is 0 Å². The van der Waals surface area contributed by atoms with Crippen molar-refractivity contribution in [1.29, 1.82) is 0 Å². The Bertz CT molecular complexity index is 268. The van der Waals surface area contributed by atoms with Crippen LogP contribution in [0.4, 0.5) is 5.95 Å². The number of hydrogen-bond acceptors (Lipinski definition) is 4. The molecule has 0 aliphatic carbocycles. The summed E-state index contributed by atoms with van der Waals surface area (Å²) in [6.45, 7) is 8.50. The average molecular weight is 222 g/mol. The van der Waals surface area contributed by atoms with Crippen molar-refractivity contribution < 1.29 is 0 Å². The van der Waals surface area contributed by atoms with Crippen molar-refractivity contribution in [3.8, 4) is 0 Å². The number of nitrogens with zero attached hydrogens (tertiary/aromatic N) is 4. The van der Waals surface area contributed by atoms with E-state index in [9.17, 15) is 0 Å². The molecule has 0 radical (unpaired) electrons. The van der Waals surface area contributed by atoms with Crippen molar-refractivity contribution in [1.82, 2.24) is 14.9 Å². The molecular weight excluding hydrogens is 200 g/mol. The topological polar surface area (TPSA) is 32.3 Å². The van der Waals surface area contributed by atoms with E-state index in [0.717, 1.165) is 32.1 Å². The summed E-state index contributed by atoms with van der Waals surface area (Å²) in [5.74, 6) is 0.857. The van der Waals surface area contributed by atoms with E-state index in [1.807, 2.05) is 6.07 Å². The lowest BCUT2D eigenvalue weighted by atomic mass is 10.3. The molecule has 2 rings (SSSR count). The number of rotatable bonds is 1. The molecule has 4 nitrogen and oxygen atoms in total. The molecule has 16 heavy (non-hydrogen) atoms. The second-order valence-corrected chi connectivity index (χ2v) is 4.05. The van der Waals surface area contributed by atoms with Crippen molar-refractivity contribution in [2.24, 2.45) is 0 Å². The van der Waals surface area contributed by atoms with Crippen LogP contribution in [-0.4, -0.2) is 48.1 Å². The van der Waals surface area contributed by atoms with Crippen LogP contribution in [0.5, 0.6) is 0 Å². The van der Waals surface area contributed by atoms with E-state index in [1.54, 1.807) is 12.4 Å². The number of piperazine rings is 1. The zero-order valence-corrected chi connectivity index (χ0v) is 10.6. The first kappa shape index (κ1) is 12.9. The predicted octanol–water partition coefficient (Wildman–Crippen LogP) is 1.64. The van der Waals surface area contributed by atoms with Crippen molar-refractivity contribution in [2.45, 2.75) is 20.3 Å². The highest BCUT2D eigenvalue weighted by molar-refractivity contribution is 5.28. The zero-order chi connectivity index (χ0) is 11.8. The van der Waals surface area contributed by atoms with Gasteiger partial charge in [0, 0.05) is 38.6 Å². The molecule has 0 N–H and O–H groups in total. The van der Waals surface area contributed by atoms with Crippen LogP contribution >= 0.6 is 0 Å². The number of likely N-dealkylation sites (N-methyl/N-ethyl adjacent to an activating group) is 1. The normalized spacial score (nSPS) is 16.6. The van der Waals surface area contributed by atoms with Crippen LogP contribution in [0.25, 0.3) is 0 Å². The van der Waals surface area contributed by atoms with E-state index in [4.69, 9.17) is 0 Å². The molecule has 1 aromatic rings. The van der Waals surface area contributed by atoms with E-state index in [-0.39, 0.29) is 0 Å². The summed E-state index contributed by atoms with van der Waals surface area (Å²) >= 11 is 0. The van der Waals surface area contributed by atoms with Crippen LogP contribution < -0.4 is 4.90 Å². The lowest BCUT2D eigenvalue weighted by molar-refractivity contribution is 0.311. The van der Waals surface area contributed by atoms with Gasteiger partial charge in [-0.25, -0.2) is 9.97 Å². The first-order valence-corrected chi connectivity index (χ1v) is 5.98. The summed E-state index contributed by atoms with van der Waals surface area (Å²) in [7, 11) is 2.14. The van der Waals surface area contributed by atoms with E-state index in [1.165, 1.54) is 6.42 Å². The Kier molecular flexibility index (Phi) is 5.78. The van der Waals surface area contributed by atoms with Gasteiger partial charge in [-0.05, 0) is 13.1 Å². The highest BCUT2D eigenvalue weighted by Gasteiger charge is 2.15. The van der Waals surface area contributed by atoms with Gasteiger partial charge in [0.25, 0.3) is 0 Å². The van der Waals surface area contributed by atoms with Crippen LogP contribution in [-0.2, 0) is 0 Å². The number of hydrogen-bond donors (Lipinski definition) is 0. The predicted molar refractivity (Wildman–Crippen MR) is 67.7 cm³/mol. The maximum atomic E-state index is 4.22. The van der Waals surface area contributed by atoms with Gasteiger partial charge in [-0.1, -0.05) is 20.3 Å². The fraction of sp³-hybridized carbons (Fsp3) is 0.667.